The molecule has 4 aromatic rings. The third-order valence-electron chi connectivity index (χ3n) is 5.31. The molecule has 0 aliphatic rings. The molecule has 35 heavy (non-hydrogen) atoms. The van der Waals surface area contributed by atoms with Gasteiger partial charge in [0.25, 0.3) is 11.5 Å². The van der Waals surface area contributed by atoms with E-state index in [0.29, 0.717) is 22.7 Å². The average Bonchev–Trinajstić information content (AvgIpc) is 3.35. The number of ether oxygens (including phenoxy) is 2. The van der Waals surface area contributed by atoms with Crippen molar-refractivity contribution < 1.29 is 19.1 Å². The van der Waals surface area contributed by atoms with E-state index in [2.05, 4.69) is 10.6 Å². The first kappa shape index (κ1) is 23.8. The standard InChI is InChI=1S/C24H22N4O6S/c1-25-22(30)21-19(8-9-35-21)28-23(31)17-6-4-5-7-18(17)27(24(28)32)13-20(29)26-14-10-15(33-2)12-16(11-14)34-3/h4-12H,13H2,1-3H3,(H,25,30)(H,26,29). The van der Waals surface area contributed by atoms with Crippen LogP contribution < -0.4 is 31.4 Å². The summed E-state index contributed by atoms with van der Waals surface area (Å²) < 4.78 is 12.6. The molecule has 2 aromatic heterocycles. The number of nitrogens with one attached hydrogen (secondary N) is 2. The fourth-order valence-electron chi connectivity index (χ4n) is 3.67. The van der Waals surface area contributed by atoms with Gasteiger partial charge in [-0.25, -0.2) is 9.36 Å². The van der Waals surface area contributed by atoms with Gasteiger partial charge >= 0.3 is 5.69 Å². The fourth-order valence-corrected chi connectivity index (χ4v) is 4.49. The van der Waals surface area contributed by atoms with Crippen LogP contribution in [0.25, 0.3) is 16.6 Å². The van der Waals surface area contributed by atoms with Gasteiger partial charge in [-0.05, 0) is 23.6 Å². The Morgan fingerprint density at radius 3 is 2.34 bits per heavy atom. The molecule has 0 atom stereocenters. The fraction of sp³-hybridized carbons (Fsp3) is 0.167. The highest BCUT2D eigenvalue weighted by Crippen LogP contribution is 2.26. The van der Waals surface area contributed by atoms with Crippen molar-refractivity contribution in [1.29, 1.82) is 0 Å². The zero-order valence-electron chi connectivity index (χ0n) is 19.2. The molecule has 0 aliphatic carbocycles. The number of carbonyl (C=O) groups excluding carboxylic acids is 2. The molecule has 2 N–H and O–H groups in total. The van der Waals surface area contributed by atoms with E-state index < -0.39 is 23.1 Å². The molecular formula is C24H22N4O6S. The highest BCUT2D eigenvalue weighted by molar-refractivity contribution is 7.12. The second-order valence-electron chi connectivity index (χ2n) is 7.39. The van der Waals surface area contributed by atoms with Gasteiger partial charge in [0.05, 0.1) is 30.8 Å². The Balaban J connectivity index is 1.81. The number of methoxy groups -OCH3 is 2. The molecule has 0 fully saturated rings. The van der Waals surface area contributed by atoms with E-state index in [-0.39, 0.29) is 22.5 Å². The Hall–Kier alpha value is -4.38. The molecule has 2 heterocycles. The molecule has 0 aliphatic heterocycles. The number of anilines is 1. The van der Waals surface area contributed by atoms with Gasteiger partial charge in [-0.1, -0.05) is 12.1 Å². The van der Waals surface area contributed by atoms with Crippen LogP contribution in [0.3, 0.4) is 0 Å². The normalized spacial score (nSPS) is 10.7. The average molecular weight is 495 g/mol. The van der Waals surface area contributed by atoms with Crippen molar-refractivity contribution >= 4 is 39.7 Å². The Labute approximate surface area is 203 Å². The monoisotopic (exact) mass is 494 g/mol. The maximum absolute atomic E-state index is 13.5. The van der Waals surface area contributed by atoms with Crippen LogP contribution in [-0.2, 0) is 11.3 Å². The second-order valence-corrected chi connectivity index (χ2v) is 8.31. The summed E-state index contributed by atoms with van der Waals surface area (Å²) in [6.07, 6.45) is 0. The minimum absolute atomic E-state index is 0.154. The summed E-state index contributed by atoms with van der Waals surface area (Å²) in [5, 5.41) is 7.09. The predicted molar refractivity (Wildman–Crippen MR) is 133 cm³/mol. The lowest BCUT2D eigenvalue weighted by Crippen LogP contribution is -2.41. The lowest BCUT2D eigenvalue weighted by atomic mass is 10.2. The molecule has 10 nitrogen and oxygen atoms in total. The Morgan fingerprint density at radius 1 is 1.00 bits per heavy atom. The number of benzene rings is 2. The molecule has 0 saturated carbocycles. The SMILES string of the molecule is CNC(=O)c1sccc1-n1c(=O)c2ccccc2n(CC(=O)Nc2cc(OC)cc(OC)c2)c1=O. The maximum Gasteiger partial charge on any atom is 0.336 e. The number of carbonyl (C=O) groups is 2. The van der Waals surface area contributed by atoms with Gasteiger partial charge in [-0.15, -0.1) is 11.3 Å². The molecule has 2 aromatic carbocycles. The van der Waals surface area contributed by atoms with Crippen molar-refractivity contribution in [3.63, 3.8) is 0 Å². The van der Waals surface area contributed by atoms with Crippen molar-refractivity contribution in [2.75, 3.05) is 26.6 Å². The number of hydrogen-bond donors (Lipinski definition) is 2. The van der Waals surface area contributed by atoms with Crippen LogP contribution in [0, 0.1) is 0 Å². The third kappa shape index (κ3) is 4.53. The van der Waals surface area contributed by atoms with Crippen LogP contribution >= 0.6 is 11.3 Å². The number of fused-ring (bicyclic) bond motifs is 1. The Kier molecular flexibility index (Phi) is 6.69. The van der Waals surface area contributed by atoms with E-state index >= 15 is 0 Å². The third-order valence-corrected chi connectivity index (χ3v) is 6.21. The second kappa shape index (κ2) is 9.85. The Morgan fingerprint density at radius 2 is 1.69 bits per heavy atom. The zero-order valence-corrected chi connectivity index (χ0v) is 20.0. The quantitative estimate of drug-likeness (QED) is 0.407. The number of rotatable bonds is 7. The van der Waals surface area contributed by atoms with Crippen molar-refractivity contribution in [2.24, 2.45) is 0 Å². The number of amides is 2. The molecule has 0 bridgehead atoms. The van der Waals surface area contributed by atoms with Crippen molar-refractivity contribution in [2.45, 2.75) is 6.54 Å². The van der Waals surface area contributed by atoms with Crippen LogP contribution in [0.1, 0.15) is 9.67 Å². The topological polar surface area (TPSA) is 121 Å². The number of para-hydroxylation sites is 1. The van der Waals surface area contributed by atoms with Crippen LogP contribution in [0.15, 0.2) is 63.5 Å². The van der Waals surface area contributed by atoms with Crippen molar-refractivity contribution in [3.05, 3.63) is 79.6 Å². The van der Waals surface area contributed by atoms with Crippen LogP contribution in [0.5, 0.6) is 11.5 Å². The predicted octanol–water partition coefficient (Wildman–Crippen LogP) is 2.23. The highest BCUT2D eigenvalue weighted by Gasteiger charge is 2.21. The first-order valence-electron chi connectivity index (χ1n) is 10.5. The van der Waals surface area contributed by atoms with Gasteiger partial charge in [0, 0.05) is 30.9 Å². The summed E-state index contributed by atoms with van der Waals surface area (Å²) in [4.78, 5) is 52.3. The zero-order chi connectivity index (χ0) is 25.1. The lowest BCUT2D eigenvalue weighted by molar-refractivity contribution is -0.116. The summed E-state index contributed by atoms with van der Waals surface area (Å²) in [7, 11) is 4.45. The molecule has 0 unspecified atom stereocenters. The summed E-state index contributed by atoms with van der Waals surface area (Å²) in [5.74, 6) is 0.0327. The number of nitrogens with zero attached hydrogens (tertiary/aromatic N) is 2. The van der Waals surface area contributed by atoms with E-state index in [1.807, 2.05) is 0 Å². The molecule has 4 rings (SSSR count). The number of aromatic nitrogens is 2. The molecule has 0 saturated heterocycles. The van der Waals surface area contributed by atoms with Crippen molar-refractivity contribution in [3.8, 4) is 17.2 Å². The molecule has 0 radical (unpaired) electrons. The first-order chi connectivity index (χ1) is 16.9. The van der Waals surface area contributed by atoms with E-state index in [9.17, 15) is 19.2 Å². The highest BCUT2D eigenvalue weighted by atomic mass is 32.1. The smallest absolute Gasteiger partial charge is 0.336 e. The summed E-state index contributed by atoms with van der Waals surface area (Å²) in [6.45, 7) is -0.376. The van der Waals surface area contributed by atoms with Gasteiger partial charge in [-0.2, -0.15) is 0 Å². The van der Waals surface area contributed by atoms with Crippen LogP contribution in [0.4, 0.5) is 5.69 Å². The lowest BCUT2D eigenvalue weighted by Gasteiger charge is -2.15. The molecule has 180 valence electrons. The largest absolute Gasteiger partial charge is 0.497 e. The van der Waals surface area contributed by atoms with Gasteiger partial charge in [-0.3, -0.25) is 19.0 Å². The maximum atomic E-state index is 13.5. The first-order valence-corrected chi connectivity index (χ1v) is 11.3. The van der Waals surface area contributed by atoms with Gasteiger partial charge in [0.1, 0.15) is 22.9 Å². The summed E-state index contributed by atoms with van der Waals surface area (Å²) in [5.41, 5.74) is -0.453. The number of hydrogen-bond acceptors (Lipinski definition) is 7. The van der Waals surface area contributed by atoms with Crippen molar-refractivity contribution in [1.82, 2.24) is 14.5 Å². The van der Waals surface area contributed by atoms with Gasteiger partial charge in [0.2, 0.25) is 5.91 Å². The summed E-state index contributed by atoms with van der Waals surface area (Å²) >= 11 is 1.11. The molecular weight excluding hydrogens is 472 g/mol. The molecule has 2 amide bonds. The van der Waals surface area contributed by atoms with E-state index in [1.54, 1.807) is 47.8 Å². The minimum Gasteiger partial charge on any atom is -0.497 e. The minimum atomic E-state index is -0.740. The van der Waals surface area contributed by atoms with E-state index in [0.717, 1.165) is 15.9 Å². The van der Waals surface area contributed by atoms with Gasteiger partial charge < -0.3 is 20.1 Å². The number of thiophene rings is 1. The van der Waals surface area contributed by atoms with Crippen LogP contribution in [-0.4, -0.2) is 42.2 Å². The summed E-state index contributed by atoms with van der Waals surface area (Å²) in [6, 6.07) is 12.9. The van der Waals surface area contributed by atoms with E-state index in [4.69, 9.17) is 9.47 Å². The molecule has 0 spiro atoms. The van der Waals surface area contributed by atoms with Gasteiger partial charge in [0.15, 0.2) is 0 Å². The van der Waals surface area contributed by atoms with Crippen LogP contribution in [0.2, 0.25) is 0 Å². The molecule has 11 heteroatoms. The Bertz CT molecular complexity index is 1530. The van der Waals surface area contributed by atoms with E-state index in [1.165, 1.54) is 31.9 Å².